The van der Waals surface area contributed by atoms with E-state index >= 15 is 0 Å². The van der Waals surface area contributed by atoms with Crippen LogP contribution in [-0.2, 0) is 4.74 Å². The Kier molecular flexibility index (Phi) is 17.5. The molecule has 10 aromatic heterocycles. The third-order valence-corrected chi connectivity index (χ3v) is 17.1. The van der Waals surface area contributed by atoms with E-state index in [1.54, 1.807) is 46.1 Å². The van der Waals surface area contributed by atoms with Crippen molar-refractivity contribution in [2.45, 2.75) is 108 Å². The lowest BCUT2D eigenvalue weighted by Gasteiger charge is -2.29. The topological polar surface area (TPSA) is 245 Å². The van der Waals surface area contributed by atoms with Crippen LogP contribution < -0.4 is 16.0 Å². The zero-order chi connectivity index (χ0) is 57.6. The lowest BCUT2D eigenvalue weighted by atomic mass is 9.83. The Morgan fingerprint density at radius 2 is 1.00 bits per heavy atom. The highest BCUT2D eigenvalue weighted by Crippen LogP contribution is 2.37. The molecule has 13 rings (SSSR count). The number of anilines is 3. The third kappa shape index (κ3) is 13.1. The van der Waals surface area contributed by atoms with Crippen molar-refractivity contribution in [1.82, 2.24) is 53.6 Å². The van der Waals surface area contributed by atoms with Crippen LogP contribution in [0, 0.1) is 34.0 Å². The number of aromatic nitrogens is 11. The second-order valence-electron chi connectivity index (χ2n) is 21.3. The van der Waals surface area contributed by atoms with Gasteiger partial charge in [0.2, 0.25) is 0 Å². The minimum Gasteiger partial charge on any atom is -0.393 e. The summed E-state index contributed by atoms with van der Waals surface area (Å²) in [4.78, 5) is 13.6. The number of nitriles is 3. The van der Waals surface area contributed by atoms with Gasteiger partial charge in [0.25, 0.3) is 0 Å². The van der Waals surface area contributed by atoms with E-state index in [0.717, 1.165) is 152 Å². The first-order valence-corrected chi connectivity index (χ1v) is 30.0. The first-order chi connectivity index (χ1) is 40.4. The van der Waals surface area contributed by atoms with Crippen LogP contribution in [0.2, 0.25) is 0 Å². The fourth-order valence-electron chi connectivity index (χ4n) is 10.9. The molecular formula is C61H58Br3N17O2. The first kappa shape index (κ1) is 56.8. The van der Waals surface area contributed by atoms with Crippen LogP contribution in [0.3, 0.4) is 0 Å². The Morgan fingerprint density at radius 3 is 1.41 bits per heavy atom. The molecule has 0 bridgehead atoms. The molecule has 1 aliphatic heterocycles. The van der Waals surface area contributed by atoms with Gasteiger partial charge in [-0.05, 0) is 204 Å². The second-order valence-corrected chi connectivity index (χ2v) is 23.9. The van der Waals surface area contributed by atoms with Crippen molar-refractivity contribution in [3.63, 3.8) is 0 Å². The molecule has 83 heavy (non-hydrogen) atoms. The van der Waals surface area contributed by atoms with Crippen LogP contribution >= 0.6 is 47.8 Å². The molecule has 4 N–H and O–H groups in total. The standard InChI is InChI=1S/C25H26BrN7.C19H18BrN5O.C17H14BrN5O/c1-16(2)32-15-19(13-29-32)18-3-5-20(6-4-18)31-23-10-24(28-14-22(23)26)25-8-7-21-9-17(11-27)12-30-33(21)25;20-16-11-22-18(8-17(16)24-13-2-1-3-15(26)7-13)19-5-4-14-6-12(9-21)10-23-25(14)19;18-14-9-20-16(6-15(14)22-12-3-4-24-10-12)17-2-1-13-5-11(7-19)8-21-23(13)17/h7-10,12-16,18,20H,3-6H2,1-2H3,(H,28,31);4-6,8,10-11,13,15,26H,1-3,7H2,(H,22,24);1-2,5-6,8-9,12H,3-4,10H2,(H,20,22)/t;13-,15+;12-/m.00/s1. The molecule has 3 aliphatic rings. The van der Waals surface area contributed by atoms with Gasteiger partial charge in [-0.15, -0.1) is 0 Å². The normalized spacial score (nSPS) is 18.6. The van der Waals surface area contributed by atoms with Gasteiger partial charge in [-0.1, -0.05) is 0 Å². The summed E-state index contributed by atoms with van der Waals surface area (Å²) < 4.78 is 15.6. The van der Waals surface area contributed by atoms with Crippen LogP contribution in [0.5, 0.6) is 0 Å². The zero-order valence-electron chi connectivity index (χ0n) is 45.5. The maximum atomic E-state index is 9.89. The quantitative estimate of drug-likeness (QED) is 0.0940. The molecule has 0 spiro atoms. The summed E-state index contributed by atoms with van der Waals surface area (Å²) in [7, 11) is 0. The molecule has 2 aliphatic carbocycles. The number of hydrogen-bond acceptors (Lipinski definition) is 15. The molecule has 10 aromatic rings. The van der Waals surface area contributed by atoms with Gasteiger partial charge < -0.3 is 25.8 Å². The molecule has 11 heterocycles. The van der Waals surface area contributed by atoms with Crippen molar-refractivity contribution in [1.29, 1.82) is 15.8 Å². The Bertz CT molecular complexity index is 4080. The number of nitrogens with zero attached hydrogens (tertiary/aromatic N) is 14. The Morgan fingerprint density at radius 1 is 0.542 bits per heavy atom. The fraction of sp³-hybridized carbons (Fsp3) is 0.311. The van der Waals surface area contributed by atoms with Crippen LogP contribution in [0.15, 0.2) is 136 Å². The number of halogens is 3. The Hall–Kier alpha value is -8.04. The van der Waals surface area contributed by atoms with Crippen molar-refractivity contribution in [2.24, 2.45) is 0 Å². The number of nitrogens with one attached hydrogen (secondary N) is 3. The van der Waals surface area contributed by atoms with E-state index in [-0.39, 0.29) is 12.1 Å². The maximum Gasteiger partial charge on any atom is 0.101 e. The molecule has 1 saturated heterocycles. The first-order valence-electron chi connectivity index (χ1n) is 27.6. The summed E-state index contributed by atoms with van der Waals surface area (Å²) in [5.74, 6) is 0.587. The van der Waals surface area contributed by atoms with Gasteiger partial charge in [-0.3, -0.25) is 19.6 Å². The lowest BCUT2D eigenvalue weighted by molar-refractivity contribution is 0.124. The number of pyridine rings is 3. The monoisotopic (exact) mass is 1300 g/mol. The molecule has 19 nitrogen and oxygen atoms in total. The number of aliphatic hydroxyl groups excluding tert-OH is 1. The van der Waals surface area contributed by atoms with Crippen molar-refractivity contribution in [2.75, 3.05) is 29.2 Å². The number of hydrogen-bond donors (Lipinski definition) is 4. The molecular weight excluding hydrogens is 1240 g/mol. The predicted molar refractivity (Wildman–Crippen MR) is 328 cm³/mol. The maximum absolute atomic E-state index is 9.89. The van der Waals surface area contributed by atoms with Crippen LogP contribution in [0.4, 0.5) is 17.1 Å². The van der Waals surface area contributed by atoms with Gasteiger partial charge in [0.1, 0.15) is 18.2 Å². The predicted octanol–water partition coefficient (Wildman–Crippen LogP) is 12.9. The molecule has 22 heteroatoms. The van der Waals surface area contributed by atoms with Crippen molar-refractivity contribution >= 4 is 81.4 Å². The Labute approximate surface area is 504 Å². The summed E-state index contributed by atoms with van der Waals surface area (Å²) >= 11 is 10.8. The summed E-state index contributed by atoms with van der Waals surface area (Å²) in [5, 5.41) is 65.4. The number of aliphatic hydroxyl groups is 1. The van der Waals surface area contributed by atoms with Crippen LogP contribution in [0.25, 0.3) is 50.7 Å². The molecule has 0 aromatic carbocycles. The molecule has 2 saturated carbocycles. The average Bonchev–Trinajstić information content (AvgIpc) is 4.44. The van der Waals surface area contributed by atoms with E-state index in [4.69, 9.17) is 20.5 Å². The minimum atomic E-state index is -0.227. The SMILES string of the molecule is CC(C)n1cc(C2CCC(Nc3cc(-c4ccc5cc(C#N)cnn45)ncc3Br)CC2)cn1.N#Cc1cnn2c(-c3cc(N[C@H]4CCC[C@@H](O)C4)c(Br)cn3)ccc2c1.N#Cc1cnn2c(-c3cc(N[C@H]4CCOC4)c(Br)cn3)ccc2c1. The van der Waals surface area contributed by atoms with E-state index in [0.29, 0.717) is 40.7 Å². The van der Waals surface area contributed by atoms with Crippen molar-refractivity contribution < 1.29 is 9.84 Å². The smallest absolute Gasteiger partial charge is 0.101 e. The van der Waals surface area contributed by atoms with E-state index in [9.17, 15) is 5.11 Å². The summed E-state index contributed by atoms with van der Waals surface area (Å²) in [6, 6.07) is 31.0. The van der Waals surface area contributed by atoms with E-state index in [1.807, 2.05) is 77.6 Å². The van der Waals surface area contributed by atoms with Crippen LogP contribution in [0.1, 0.15) is 106 Å². The van der Waals surface area contributed by atoms with E-state index in [2.05, 4.69) is 148 Å². The molecule has 0 radical (unpaired) electrons. The van der Waals surface area contributed by atoms with Gasteiger partial charge in [-0.2, -0.15) is 36.2 Å². The molecule has 3 fully saturated rings. The highest BCUT2D eigenvalue weighted by Gasteiger charge is 2.26. The van der Waals surface area contributed by atoms with Crippen LogP contribution in [-0.4, -0.2) is 96.1 Å². The second kappa shape index (κ2) is 25.6. The average molecular weight is 1300 g/mol. The lowest BCUT2D eigenvalue weighted by Crippen LogP contribution is -2.30. The zero-order valence-corrected chi connectivity index (χ0v) is 50.3. The van der Waals surface area contributed by atoms with Gasteiger partial charge >= 0.3 is 0 Å². The van der Waals surface area contributed by atoms with Crippen molar-refractivity contribution in [3.8, 4) is 52.4 Å². The van der Waals surface area contributed by atoms with Gasteiger partial charge in [0.05, 0.1) is 141 Å². The number of ether oxygens (including phenoxy) is 1. The molecule has 0 unspecified atom stereocenters. The Balaban J connectivity index is 0.000000132. The summed E-state index contributed by atoms with van der Waals surface area (Å²) in [6.45, 7) is 5.84. The van der Waals surface area contributed by atoms with Gasteiger partial charge in [0, 0.05) is 49.5 Å². The fourth-order valence-corrected chi connectivity index (χ4v) is 11.8. The third-order valence-electron chi connectivity index (χ3n) is 15.2. The van der Waals surface area contributed by atoms with E-state index in [1.165, 1.54) is 5.56 Å². The summed E-state index contributed by atoms with van der Waals surface area (Å²) in [5.41, 5.74) is 13.7. The highest BCUT2D eigenvalue weighted by molar-refractivity contribution is 9.11. The molecule has 0 amide bonds. The number of fused-ring (bicyclic) bond motifs is 3. The number of rotatable bonds is 11. The largest absolute Gasteiger partial charge is 0.393 e. The van der Waals surface area contributed by atoms with Gasteiger partial charge in [-0.25, -0.2) is 13.5 Å². The summed E-state index contributed by atoms with van der Waals surface area (Å²) in [6.07, 6.45) is 23.4. The molecule has 420 valence electrons. The molecule has 3 atom stereocenters. The van der Waals surface area contributed by atoms with Crippen molar-refractivity contribution in [3.05, 3.63) is 158 Å². The van der Waals surface area contributed by atoms with E-state index < -0.39 is 0 Å². The minimum absolute atomic E-state index is 0.227. The van der Waals surface area contributed by atoms with Gasteiger partial charge in [0.15, 0.2) is 0 Å². The highest BCUT2D eigenvalue weighted by atomic mass is 79.9.